The number of rotatable bonds is 1. The average Bonchev–Trinajstić information content (AvgIpc) is 2.67. The van der Waals surface area contributed by atoms with E-state index in [1.165, 1.54) is 5.56 Å². The first kappa shape index (κ1) is 8.28. The van der Waals surface area contributed by atoms with Crippen molar-refractivity contribution in [3.63, 3.8) is 0 Å². The average molecular weight is 172 g/mol. The number of hydrogen-bond donors (Lipinski definition) is 1. The molecule has 0 unspecified atom stereocenters. The van der Waals surface area contributed by atoms with Crippen LogP contribution in [0.4, 0.5) is 0 Å². The summed E-state index contributed by atoms with van der Waals surface area (Å²) < 4.78 is 0. The van der Waals surface area contributed by atoms with Crippen LogP contribution >= 0.6 is 0 Å². The normalized spacial score (nSPS) is 27.0. The lowest BCUT2D eigenvalue weighted by molar-refractivity contribution is 0.561. The van der Waals surface area contributed by atoms with Crippen LogP contribution in [0.15, 0.2) is 30.3 Å². The number of nitriles is 1. The molecule has 2 heteroatoms. The van der Waals surface area contributed by atoms with Crippen molar-refractivity contribution in [1.82, 2.24) is 5.32 Å². The summed E-state index contributed by atoms with van der Waals surface area (Å²) in [6, 6.07) is 12.8. The van der Waals surface area contributed by atoms with E-state index in [9.17, 15) is 0 Å². The Labute approximate surface area is 78.2 Å². The van der Waals surface area contributed by atoms with E-state index in [1.54, 1.807) is 0 Å². The van der Waals surface area contributed by atoms with Gasteiger partial charge in [-0.05, 0) is 18.5 Å². The topological polar surface area (TPSA) is 35.8 Å². The fraction of sp³-hybridized carbons (Fsp3) is 0.364. The summed E-state index contributed by atoms with van der Waals surface area (Å²) in [6.45, 7) is 0.956. The van der Waals surface area contributed by atoms with Gasteiger partial charge in [-0.2, -0.15) is 5.26 Å². The van der Waals surface area contributed by atoms with Gasteiger partial charge >= 0.3 is 0 Å². The monoisotopic (exact) mass is 172 g/mol. The van der Waals surface area contributed by atoms with Gasteiger partial charge in [0.2, 0.25) is 0 Å². The minimum Gasteiger partial charge on any atom is -0.309 e. The Hall–Kier alpha value is -1.33. The second-order valence-electron chi connectivity index (χ2n) is 3.37. The van der Waals surface area contributed by atoms with Crippen molar-refractivity contribution < 1.29 is 0 Å². The molecule has 0 bridgehead atoms. The van der Waals surface area contributed by atoms with Crippen molar-refractivity contribution in [3.05, 3.63) is 35.9 Å². The van der Waals surface area contributed by atoms with Gasteiger partial charge in [0.15, 0.2) is 0 Å². The largest absolute Gasteiger partial charge is 0.309 e. The highest BCUT2D eigenvalue weighted by atomic mass is 14.9. The van der Waals surface area contributed by atoms with Crippen LogP contribution in [0.5, 0.6) is 0 Å². The minimum atomic E-state index is 0.141. The fourth-order valence-electron chi connectivity index (χ4n) is 1.85. The highest BCUT2D eigenvalue weighted by Gasteiger charge is 2.27. The molecule has 0 aliphatic carbocycles. The van der Waals surface area contributed by atoms with Gasteiger partial charge in [-0.3, -0.25) is 0 Å². The molecule has 1 aliphatic rings. The summed E-state index contributed by atoms with van der Waals surface area (Å²) in [5.41, 5.74) is 1.23. The summed E-state index contributed by atoms with van der Waals surface area (Å²) in [4.78, 5) is 0. The summed E-state index contributed by atoms with van der Waals surface area (Å²) in [6.07, 6.45) is 0.968. The zero-order valence-corrected chi connectivity index (χ0v) is 7.40. The Bertz CT molecular complexity index is 313. The third kappa shape index (κ3) is 1.56. The SMILES string of the molecule is N#C[C@H]1CCN[C@@H]1c1ccccc1. The summed E-state index contributed by atoms with van der Waals surface area (Å²) in [7, 11) is 0. The zero-order chi connectivity index (χ0) is 9.10. The molecule has 0 amide bonds. The van der Waals surface area contributed by atoms with E-state index in [2.05, 4.69) is 23.5 Å². The van der Waals surface area contributed by atoms with Gasteiger partial charge in [0.05, 0.1) is 12.0 Å². The Balaban J connectivity index is 2.22. The van der Waals surface area contributed by atoms with Gasteiger partial charge in [-0.25, -0.2) is 0 Å². The van der Waals surface area contributed by atoms with Crippen molar-refractivity contribution in [3.8, 4) is 6.07 Å². The van der Waals surface area contributed by atoms with Crippen molar-refractivity contribution in [1.29, 1.82) is 5.26 Å². The van der Waals surface area contributed by atoms with E-state index in [4.69, 9.17) is 5.26 Å². The van der Waals surface area contributed by atoms with E-state index >= 15 is 0 Å². The van der Waals surface area contributed by atoms with Crippen molar-refractivity contribution in [2.45, 2.75) is 12.5 Å². The zero-order valence-electron chi connectivity index (χ0n) is 7.40. The lowest BCUT2D eigenvalue weighted by Gasteiger charge is -2.13. The summed E-state index contributed by atoms with van der Waals surface area (Å²) >= 11 is 0. The molecule has 1 saturated heterocycles. The smallest absolute Gasteiger partial charge is 0.0676 e. The summed E-state index contributed by atoms with van der Waals surface area (Å²) in [5, 5.41) is 12.3. The van der Waals surface area contributed by atoms with Crippen LogP contribution in [0.3, 0.4) is 0 Å². The maximum Gasteiger partial charge on any atom is 0.0676 e. The maximum absolute atomic E-state index is 8.91. The third-order valence-corrected chi connectivity index (χ3v) is 2.55. The highest BCUT2D eigenvalue weighted by molar-refractivity contribution is 5.22. The Morgan fingerprint density at radius 3 is 2.77 bits per heavy atom. The Morgan fingerprint density at radius 2 is 2.08 bits per heavy atom. The molecule has 2 nitrogen and oxygen atoms in total. The Kier molecular flexibility index (Phi) is 2.29. The molecule has 0 aromatic heterocycles. The summed E-state index contributed by atoms with van der Waals surface area (Å²) in [5.74, 6) is 0.141. The fourth-order valence-corrected chi connectivity index (χ4v) is 1.85. The second kappa shape index (κ2) is 3.59. The molecule has 13 heavy (non-hydrogen) atoms. The minimum absolute atomic E-state index is 0.141. The van der Waals surface area contributed by atoms with Crippen LogP contribution in [0, 0.1) is 17.2 Å². The molecule has 2 rings (SSSR count). The molecule has 0 radical (unpaired) electrons. The standard InChI is InChI=1S/C11H12N2/c12-8-10-6-7-13-11(10)9-4-2-1-3-5-9/h1-5,10-11,13H,6-7H2/t10-,11-/m1/s1. The first-order valence-corrected chi connectivity index (χ1v) is 4.60. The van der Waals surface area contributed by atoms with E-state index in [1.807, 2.05) is 18.2 Å². The molecule has 1 aliphatic heterocycles. The van der Waals surface area contributed by atoms with Crippen LogP contribution in [0.25, 0.3) is 0 Å². The number of nitrogens with zero attached hydrogens (tertiary/aromatic N) is 1. The van der Waals surface area contributed by atoms with Gasteiger partial charge in [0.1, 0.15) is 0 Å². The predicted octanol–water partition coefficient (Wildman–Crippen LogP) is 1.86. The first-order valence-electron chi connectivity index (χ1n) is 4.60. The van der Waals surface area contributed by atoms with E-state index in [-0.39, 0.29) is 12.0 Å². The van der Waals surface area contributed by atoms with Crippen molar-refractivity contribution in [2.75, 3.05) is 6.54 Å². The second-order valence-corrected chi connectivity index (χ2v) is 3.37. The van der Waals surface area contributed by atoms with Gasteiger partial charge in [-0.15, -0.1) is 0 Å². The quantitative estimate of drug-likeness (QED) is 0.701. The Morgan fingerprint density at radius 1 is 1.31 bits per heavy atom. The van der Waals surface area contributed by atoms with E-state index in [0.29, 0.717) is 0 Å². The molecule has 0 spiro atoms. The third-order valence-electron chi connectivity index (χ3n) is 2.55. The molecule has 1 fully saturated rings. The lowest BCUT2D eigenvalue weighted by Crippen LogP contribution is -2.16. The predicted molar refractivity (Wildman–Crippen MR) is 50.9 cm³/mol. The molecule has 2 atom stereocenters. The van der Waals surface area contributed by atoms with Crippen LogP contribution in [0.1, 0.15) is 18.0 Å². The van der Waals surface area contributed by atoms with Crippen molar-refractivity contribution in [2.24, 2.45) is 5.92 Å². The van der Waals surface area contributed by atoms with Crippen molar-refractivity contribution >= 4 is 0 Å². The molecule has 1 heterocycles. The molecule has 1 aromatic rings. The van der Waals surface area contributed by atoms with E-state index in [0.717, 1.165) is 13.0 Å². The van der Waals surface area contributed by atoms with Gasteiger partial charge in [-0.1, -0.05) is 30.3 Å². The number of nitrogens with one attached hydrogen (secondary N) is 1. The molecule has 66 valence electrons. The molecular formula is C11H12N2. The van der Waals surface area contributed by atoms with Crippen LogP contribution in [-0.2, 0) is 0 Å². The van der Waals surface area contributed by atoms with Crippen LogP contribution < -0.4 is 5.32 Å². The number of hydrogen-bond acceptors (Lipinski definition) is 2. The van der Waals surface area contributed by atoms with Crippen LogP contribution in [-0.4, -0.2) is 6.54 Å². The molecule has 1 N–H and O–H groups in total. The van der Waals surface area contributed by atoms with Gasteiger partial charge < -0.3 is 5.32 Å². The lowest BCUT2D eigenvalue weighted by atomic mass is 9.96. The molecular weight excluding hydrogens is 160 g/mol. The highest BCUT2D eigenvalue weighted by Crippen LogP contribution is 2.28. The van der Waals surface area contributed by atoms with Crippen LogP contribution in [0.2, 0.25) is 0 Å². The maximum atomic E-state index is 8.91. The van der Waals surface area contributed by atoms with Gasteiger partial charge in [0, 0.05) is 6.04 Å². The molecule has 0 saturated carbocycles. The molecule has 1 aromatic carbocycles. The first-order chi connectivity index (χ1) is 6.42. The number of benzene rings is 1. The van der Waals surface area contributed by atoms with E-state index < -0.39 is 0 Å². The van der Waals surface area contributed by atoms with Gasteiger partial charge in [0.25, 0.3) is 0 Å².